The highest BCUT2D eigenvalue weighted by Gasteiger charge is 2.39. The van der Waals surface area contributed by atoms with E-state index in [9.17, 15) is 0 Å². The van der Waals surface area contributed by atoms with Crippen LogP contribution in [0.3, 0.4) is 0 Å². The lowest BCUT2D eigenvalue weighted by atomic mass is 10.5. The van der Waals surface area contributed by atoms with Crippen molar-refractivity contribution in [1.29, 1.82) is 0 Å². The molecule has 0 heterocycles. The van der Waals surface area contributed by atoms with Gasteiger partial charge in [-0.25, -0.2) is 0 Å². The number of hydrogen-bond acceptors (Lipinski definition) is 4. The molecule has 0 aliphatic carbocycles. The standard InChI is InChI=1S/C12H32O4Si3/c1-14-10-12-18(4,5)16-19(6,7)15-17(2,3)11-8-9-13/h13H,8-12H2,1-7H3. The molecule has 4 nitrogen and oxygen atoms in total. The first kappa shape index (κ1) is 19.5. The molecule has 0 aromatic rings. The topological polar surface area (TPSA) is 47.9 Å². The highest BCUT2D eigenvalue weighted by atomic mass is 28.5. The Hall–Kier alpha value is 0.491. The molecule has 0 bridgehead atoms. The van der Waals surface area contributed by atoms with E-state index in [1.807, 2.05) is 0 Å². The van der Waals surface area contributed by atoms with E-state index in [1.165, 1.54) is 0 Å². The molecular weight excluding hydrogens is 292 g/mol. The van der Waals surface area contributed by atoms with Gasteiger partial charge in [-0.15, -0.1) is 0 Å². The molecule has 0 unspecified atom stereocenters. The second-order valence-corrected chi connectivity index (χ2v) is 19.2. The molecule has 0 rings (SSSR count). The van der Waals surface area contributed by atoms with E-state index in [0.717, 1.165) is 25.1 Å². The minimum Gasteiger partial charge on any atom is -0.437 e. The molecule has 0 aliphatic heterocycles. The summed E-state index contributed by atoms with van der Waals surface area (Å²) in [6.07, 6.45) is 0.828. The Balaban J connectivity index is 4.44. The largest absolute Gasteiger partial charge is 0.437 e. The van der Waals surface area contributed by atoms with E-state index in [0.29, 0.717) is 0 Å². The van der Waals surface area contributed by atoms with Gasteiger partial charge in [-0.2, -0.15) is 0 Å². The van der Waals surface area contributed by atoms with Crippen molar-refractivity contribution in [2.45, 2.75) is 57.8 Å². The summed E-state index contributed by atoms with van der Waals surface area (Å²) in [5, 5.41) is 8.95. The highest BCUT2D eigenvalue weighted by Crippen LogP contribution is 2.25. The van der Waals surface area contributed by atoms with E-state index >= 15 is 0 Å². The van der Waals surface area contributed by atoms with Crippen LogP contribution in [0.2, 0.25) is 51.4 Å². The van der Waals surface area contributed by atoms with Crippen LogP contribution in [0.1, 0.15) is 6.42 Å². The summed E-state index contributed by atoms with van der Waals surface area (Å²) in [4.78, 5) is 0. The Morgan fingerprint density at radius 1 is 0.842 bits per heavy atom. The van der Waals surface area contributed by atoms with Gasteiger partial charge in [0.15, 0.2) is 16.6 Å². The molecule has 0 amide bonds. The Labute approximate surface area is 122 Å². The zero-order chi connectivity index (χ0) is 15.2. The predicted octanol–water partition coefficient (Wildman–Crippen LogP) is 3.16. The SMILES string of the molecule is COCC[Si](C)(C)O[Si](C)(C)O[Si](C)(C)CCCO. The number of aliphatic hydroxyl groups is 1. The quantitative estimate of drug-likeness (QED) is 0.627. The summed E-state index contributed by atoms with van der Waals surface area (Å²) in [5.41, 5.74) is 0. The van der Waals surface area contributed by atoms with Crippen molar-refractivity contribution in [2.24, 2.45) is 0 Å². The summed E-state index contributed by atoms with van der Waals surface area (Å²) in [7, 11) is -3.79. The molecule has 0 aromatic heterocycles. The molecular formula is C12H32O4Si3. The first-order valence-electron chi connectivity index (χ1n) is 7.04. The lowest BCUT2D eigenvalue weighted by Crippen LogP contribution is -2.52. The molecule has 116 valence electrons. The van der Waals surface area contributed by atoms with Gasteiger partial charge >= 0.3 is 8.56 Å². The third kappa shape index (κ3) is 9.94. The van der Waals surface area contributed by atoms with E-state index in [1.54, 1.807) is 7.11 Å². The molecule has 0 saturated carbocycles. The Kier molecular flexibility index (Phi) is 8.27. The van der Waals surface area contributed by atoms with Gasteiger partial charge in [-0.3, -0.25) is 0 Å². The lowest BCUT2D eigenvalue weighted by Gasteiger charge is -2.38. The van der Waals surface area contributed by atoms with E-state index in [4.69, 9.17) is 18.1 Å². The summed E-state index contributed by atoms with van der Waals surface area (Å²) in [5.74, 6) is 0. The van der Waals surface area contributed by atoms with Crippen molar-refractivity contribution < 1.29 is 18.1 Å². The average Bonchev–Trinajstić information content (AvgIpc) is 2.20. The average molecular weight is 325 g/mol. The van der Waals surface area contributed by atoms with Crippen LogP contribution in [0.4, 0.5) is 0 Å². The van der Waals surface area contributed by atoms with Crippen molar-refractivity contribution in [3.63, 3.8) is 0 Å². The fraction of sp³-hybridized carbons (Fsp3) is 1.00. The van der Waals surface area contributed by atoms with E-state index < -0.39 is 25.2 Å². The summed E-state index contributed by atoms with van der Waals surface area (Å²) >= 11 is 0. The Bertz CT molecular complexity index is 233. The van der Waals surface area contributed by atoms with Crippen molar-refractivity contribution in [2.75, 3.05) is 20.3 Å². The van der Waals surface area contributed by atoms with Gasteiger partial charge in [0, 0.05) is 20.3 Å². The van der Waals surface area contributed by atoms with Crippen LogP contribution in [0.15, 0.2) is 0 Å². The van der Waals surface area contributed by atoms with Crippen LogP contribution in [0, 0.1) is 0 Å². The fourth-order valence-electron chi connectivity index (χ4n) is 2.31. The molecule has 0 aliphatic rings. The number of methoxy groups -OCH3 is 1. The van der Waals surface area contributed by atoms with Crippen LogP contribution in [-0.2, 0) is 13.0 Å². The van der Waals surface area contributed by atoms with Crippen molar-refractivity contribution in [3.05, 3.63) is 0 Å². The molecule has 7 heteroatoms. The van der Waals surface area contributed by atoms with Gasteiger partial charge in [-0.05, 0) is 57.8 Å². The third-order valence-corrected chi connectivity index (χ3v) is 14.2. The fourth-order valence-corrected chi connectivity index (χ4v) is 16.0. The Morgan fingerprint density at radius 2 is 1.32 bits per heavy atom. The molecule has 0 atom stereocenters. The third-order valence-electron chi connectivity index (χ3n) is 2.89. The number of ether oxygens (including phenoxy) is 1. The normalized spacial score (nSPS) is 13.9. The molecule has 19 heavy (non-hydrogen) atoms. The molecule has 0 saturated heterocycles. The van der Waals surface area contributed by atoms with Crippen molar-refractivity contribution in [3.8, 4) is 0 Å². The summed E-state index contributed by atoms with van der Waals surface area (Å²) < 4.78 is 17.9. The van der Waals surface area contributed by atoms with Crippen LogP contribution < -0.4 is 0 Å². The first-order valence-corrected chi connectivity index (χ1v) is 16.1. The predicted molar refractivity (Wildman–Crippen MR) is 87.8 cm³/mol. The molecule has 0 fully saturated rings. The first-order chi connectivity index (χ1) is 8.54. The summed E-state index contributed by atoms with van der Waals surface area (Å²) in [6.45, 7) is 14.2. The van der Waals surface area contributed by atoms with Crippen LogP contribution in [0.5, 0.6) is 0 Å². The maximum absolute atomic E-state index is 8.95. The van der Waals surface area contributed by atoms with Crippen molar-refractivity contribution in [1.82, 2.24) is 0 Å². The second-order valence-electron chi connectivity index (χ2n) is 6.69. The number of aliphatic hydroxyl groups excluding tert-OH is 1. The Morgan fingerprint density at radius 3 is 1.74 bits per heavy atom. The molecule has 0 aromatic carbocycles. The minimum atomic E-state index is -2.09. The van der Waals surface area contributed by atoms with Crippen LogP contribution in [-0.4, -0.2) is 50.6 Å². The van der Waals surface area contributed by atoms with E-state index in [2.05, 4.69) is 39.3 Å². The van der Waals surface area contributed by atoms with Gasteiger partial charge in [-0.1, -0.05) is 0 Å². The van der Waals surface area contributed by atoms with Crippen LogP contribution >= 0.6 is 0 Å². The van der Waals surface area contributed by atoms with Crippen molar-refractivity contribution >= 4 is 25.2 Å². The van der Waals surface area contributed by atoms with Gasteiger partial charge in [0.05, 0.1) is 0 Å². The maximum Gasteiger partial charge on any atom is 0.311 e. The smallest absolute Gasteiger partial charge is 0.311 e. The minimum absolute atomic E-state index is 0.247. The monoisotopic (exact) mass is 324 g/mol. The van der Waals surface area contributed by atoms with Gasteiger partial charge in [0.25, 0.3) is 0 Å². The van der Waals surface area contributed by atoms with Gasteiger partial charge in [0.1, 0.15) is 0 Å². The molecule has 0 radical (unpaired) electrons. The second kappa shape index (κ2) is 8.06. The van der Waals surface area contributed by atoms with Gasteiger partial charge in [0.2, 0.25) is 0 Å². The zero-order valence-corrected chi connectivity index (χ0v) is 16.7. The zero-order valence-electron chi connectivity index (χ0n) is 13.7. The highest BCUT2D eigenvalue weighted by molar-refractivity contribution is 6.87. The lowest BCUT2D eigenvalue weighted by molar-refractivity contribution is 0.211. The summed E-state index contributed by atoms with van der Waals surface area (Å²) in [6, 6.07) is 1.99. The molecule has 1 N–H and O–H groups in total. The maximum atomic E-state index is 8.95. The van der Waals surface area contributed by atoms with E-state index in [-0.39, 0.29) is 6.61 Å². The number of rotatable bonds is 10. The van der Waals surface area contributed by atoms with Gasteiger partial charge < -0.3 is 18.1 Å². The molecule has 0 spiro atoms. The number of hydrogen-bond donors (Lipinski definition) is 1. The van der Waals surface area contributed by atoms with Crippen LogP contribution in [0.25, 0.3) is 0 Å².